The minimum Gasteiger partial charge on any atom is -0.468 e. The van der Waals surface area contributed by atoms with E-state index in [4.69, 9.17) is 4.74 Å². The van der Waals surface area contributed by atoms with E-state index in [0.717, 1.165) is 25.6 Å². The van der Waals surface area contributed by atoms with Gasteiger partial charge in [-0.25, -0.2) is 0 Å². The van der Waals surface area contributed by atoms with Gasteiger partial charge in [0.05, 0.1) is 7.11 Å². The highest BCUT2D eigenvalue weighted by molar-refractivity contribution is 5.80. The molecule has 0 aromatic carbocycles. The zero-order valence-corrected chi connectivity index (χ0v) is 13.3. The van der Waals surface area contributed by atoms with Crippen molar-refractivity contribution in [2.75, 3.05) is 40.3 Å². The van der Waals surface area contributed by atoms with Crippen LogP contribution in [0.15, 0.2) is 0 Å². The van der Waals surface area contributed by atoms with Crippen molar-refractivity contribution >= 4 is 5.97 Å². The van der Waals surface area contributed by atoms with E-state index in [1.807, 2.05) is 14.0 Å². The van der Waals surface area contributed by atoms with Crippen molar-refractivity contribution in [1.82, 2.24) is 15.1 Å². The molecule has 2 aliphatic rings. The molecule has 0 amide bonds. The second-order valence-corrected chi connectivity index (χ2v) is 6.43. The lowest BCUT2D eigenvalue weighted by Gasteiger charge is -2.40. The fourth-order valence-electron chi connectivity index (χ4n) is 3.22. The summed E-state index contributed by atoms with van der Waals surface area (Å²) in [4.78, 5) is 17.0. The number of carbonyl (C=O) groups excluding carboxylic acids is 1. The SMILES string of the molecule is CNC(C)(CC(C)N1CCN(C2CC2)CC1)C(=O)OC. The minimum atomic E-state index is -0.595. The van der Waals surface area contributed by atoms with Crippen molar-refractivity contribution in [3.05, 3.63) is 0 Å². The Hall–Kier alpha value is -0.650. The van der Waals surface area contributed by atoms with Crippen LogP contribution in [0, 0.1) is 0 Å². The Morgan fingerprint density at radius 1 is 1.35 bits per heavy atom. The van der Waals surface area contributed by atoms with Crippen LogP contribution in [0.1, 0.15) is 33.1 Å². The van der Waals surface area contributed by atoms with Crippen LogP contribution in [0.25, 0.3) is 0 Å². The highest BCUT2D eigenvalue weighted by Crippen LogP contribution is 2.28. The topological polar surface area (TPSA) is 44.8 Å². The van der Waals surface area contributed by atoms with Crippen LogP contribution in [-0.2, 0) is 9.53 Å². The molecule has 116 valence electrons. The van der Waals surface area contributed by atoms with Gasteiger partial charge >= 0.3 is 5.97 Å². The van der Waals surface area contributed by atoms with Crippen molar-refractivity contribution in [3.63, 3.8) is 0 Å². The van der Waals surface area contributed by atoms with Crippen LogP contribution in [0.3, 0.4) is 0 Å². The monoisotopic (exact) mass is 283 g/mol. The Kier molecular flexibility index (Phi) is 5.04. The molecular weight excluding hydrogens is 254 g/mol. The Bertz CT molecular complexity index is 338. The molecule has 1 heterocycles. The minimum absolute atomic E-state index is 0.177. The standard InChI is InChI=1S/C15H29N3O2/c1-12(11-15(2,16-3)14(19)20-4)17-7-9-18(10-8-17)13-5-6-13/h12-13,16H,5-11H2,1-4H3. The zero-order valence-electron chi connectivity index (χ0n) is 13.3. The smallest absolute Gasteiger partial charge is 0.325 e. The fourth-order valence-corrected chi connectivity index (χ4v) is 3.22. The summed E-state index contributed by atoms with van der Waals surface area (Å²) in [6.45, 7) is 8.70. The van der Waals surface area contributed by atoms with E-state index in [0.29, 0.717) is 6.04 Å². The molecule has 5 nitrogen and oxygen atoms in total. The molecule has 2 rings (SSSR count). The van der Waals surface area contributed by atoms with E-state index in [1.54, 1.807) is 0 Å². The molecule has 2 fully saturated rings. The molecule has 2 atom stereocenters. The Balaban J connectivity index is 1.84. The van der Waals surface area contributed by atoms with Gasteiger partial charge in [-0.3, -0.25) is 14.6 Å². The largest absolute Gasteiger partial charge is 0.468 e. The second-order valence-electron chi connectivity index (χ2n) is 6.43. The van der Waals surface area contributed by atoms with Crippen LogP contribution in [0.2, 0.25) is 0 Å². The summed E-state index contributed by atoms with van der Waals surface area (Å²) in [6.07, 6.45) is 3.55. The number of hydrogen-bond donors (Lipinski definition) is 1. The van der Waals surface area contributed by atoms with Crippen molar-refractivity contribution in [2.24, 2.45) is 0 Å². The Morgan fingerprint density at radius 3 is 2.40 bits per heavy atom. The summed E-state index contributed by atoms with van der Waals surface area (Å²) >= 11 is 0. The van der Waals surface area contributed by atoms with Crippen LogP contribution in [0.4, 0.5) is 0 Å². The average Bonchev–Trinajstić information content (AvgIpc) is 3.31. The zero-order chi connectivity index (χ0) is 14.8. The van der Waals surface area contributed by atoms with Gasteiger partial charge < -0.3 is 10.1 Å². The number of nitrogens with one attached hydrogen (secondary N) is 1. The quantitative estimate of drug-likeness (QED) is 0.727. The molecule has 1 N–H and O–H groups in total. The van der Waals surface area contributed by atoms with Crippen LogP contribution >= 0.6 is 0 Å². The second kappa shape index (κ2) is 6.41. The number of esters is 1. The maximum absolute atomic E-state index is 11.9. The Morgan fingerprint density at radius 2 is 1.95 bits per heavy atom. The fraction of sp³-hybridized carbons (Fsp3) is 0.933. The normalized spacial score (nSPS) is 26.0. The predicted molar refractivity (Wildman–Crippen MR) is 79.7 cm³/mol. The first-order chi connectivity index (χ1) is 9.50. The molecule has 2 unspecified atom stereocenters. The number of rotatable bonds is 6. The van der Waals surface area contributed by atoms with Crippen molar-refractivity contribution in [2.45, 2.75) is 50.7 Å². The lowest BCUT2D eigenvalue weighted by atomic mass is 9.93. The summed E-state index contributed by atoms with van der Waals surface area (Å²) in [6, 6.07) is 1.25. The number of likely N-dealkylation sites (N-methyl/N-ethyl adjacent to an activating group) is 1. The van der Waals surface area contributed by atoms with Gasteiger partial charge in [0.2, 0.25) is 0 Å². The molecule has 0 aromatic heterocycles. The van der Waals surface area contributed by atoms with Crippen LogP contribution < -0.4 is 5.32 Å². The van der Waals surface area contributed by atoms with Gasteiger partial charge in [0.15, 0.2) is 0 Å². The summed E-state index contributed by atoms with van der Waals surface area (Å²) < 4.78 is 4.92. The van der Waals surface area contributed by atoms with Gasteiger partial charge in [0.1, 0.15) is 5.54 Å². The number of nitrogens with zero attached hydrogens (tertiary/aromatic N) is 2. The third kappa shape index (κ3) is 3.51. The van der Waals surface area contributed by atoms with Crippen LogP contribution in [-0.4, -0.2) is 73.7 Å². The van der Waals surface area contributed by atoms with Crippen LogP contribution in [0.5, 0.6) is 0 Å². The summed E-state index contributed by atoms with van der Waals surface area (Å²) in [5, 5.41) is 3.12. The number of piperazine rings is 1. The number of hydrogen-bond acceptors (Lipinski definition) is 5. The van der Waals surface area contributed by atoms with Crippen molar-refractivity contribution in [1.29, 1.82) is 0 Å². The first-order valence-corrected chi connectivity index (χ1v) is 7.75. The predicted octanol–water partition coefficient (Wildman–Crippen LogP) is 0.696. The van der Waals surface area contributed by atoms with Gasteiger partial charge in [0, 0.05) is 38.3 Å². The molecule has 1 saturated heterocycles. The summed E-state index contributed by atoms with van der Waals surface area (Å²) in [5.74, 6) is -0.177. The third-order valence-corrected chi connectivity index (χ3v) is 4.93. The number of ether oxygens (including phenoxy) is 1. The third-order valence-electron chi connectivity index (χ3n) is 4.93. The molecule has 0 spiro atoms. The highest BCUT2D eigenvalue weighted by atomic mass is 16.5. The average molecular weight is 283 g/mol. The van der Waals surface area contributed by atoms with Gasteiger partial charge in [-0.05, 0) is 40.2 Å². The molecule has 0 bridgehead atoms. The Labute approximate surface area is 122 Å². The molecule has 1 saturated carbocycles. The van der Waals surface area contributed by atoms with E-state index >= 15 is 0 Å². The van der Waals surface area contributed by atoms with E-state index < -0.39 is 5.54 Å². The number of methoxy groups -OCH3 is 1. The van der Waals surface area contributed by atoms with E-state index in [1.165, 1.54) is 33.0 Å². The summed E-state index contributed by atoms with van der Waals surface area (Å²) in [7, 11) is 3.28. The molecule has 20 heavy (non-hydrogen) atoms. The molecule has 0 aromatic rings. The van der Waals surface area contributed by atoms with Gasteiger partial charge in [-0.15, -0.1) is 0 Å². The van der Waals surface area contributed by atoms with E-state index in [-0.39, 0.29) is 5.97 Å². The summed E-state index contributed by atoms with van der Waals surface area (Å²) in [5.41, 5.74) is -0.595. The van der Waals surface area contributed by atoms with Crippen molar-refractivity contribution in [3.8, 4) is 0 Å². The first kappa shape index (κ1) is 15.7. The lowest BCUT2D eigenvalue weighted by molar-refractivity contribution is -0.148. The van der Waals surface area contributed by atoms with Gasteiger partial charge in [0.25, 0.3) is 0 Å². The first-order valence-electron chi connectivity index (χ1n) is 7.75. The molecule has 5 heteroatoms. The molecule has 0 radical (unpaired) electrons. The van der Waals surface area contributed by atoms with Gasteiger partial charge in [-0.2, -0.15) is 0 Å². The van der Waals surface area contributed by atoms with Gasteiger partial charge in [-0.1, -0.05) is 0 Å². The van der Waals surface area contributed by atoms with E-state index in [2.05, 4.69) is 22.0 Å². The maximum atomic E-state index is 11.9. The highest BCUT2D eigenvalue weighted by Gasteiger charge is 2.37. The number of carbonyl (C=O) groups is 1. The van der Waals surface area contributed by atoms with E-state index in [9.17, 15) is 4.79 Å². The van der Waals surface area contributed by atoms with Crippen molar-refractivity contribution < 1.29 is 9.53 Å². The lowest BCUT2D eigenvalue weighted by Crippen LogP contribution is -2.55. The molecular formula is C15H29N3O2. The molecule has 1 aliphatic carbocycles. The molecule has 1 aliphatic heterocycles. The maximum Gasteiger partial charge on any atom is 0.325 e.